The summed E-state index contributed by atoms with van der Waals surface area (Å²) in [6.45, 7) is 0. The lowest BCUT2D eigenvalue weighted by atomic mass is 9.96. The zero-order valence-electron chi connectivity index (χ0n) is 7.33. The third kappa shape index (κ3) is 1.06. The molecule has 0 aliphatic heterocycles. The molecule has 2 heterocycles. The average molecular weight is 207 g/mol. The van der Waals surface area contributed by atoms with E-state index in [0.717, 1.165) is 35.4 Å². The van der Waals surface area contributed by atoms with Gasteiger partial charge in [0.25, 0.3) is 0 Å². The maximum absolute atomic E-state index is 5.76. The van der Waals surface area contributed by atoms with Crippen molar-refractivity contribution >= 4 is 11.6 Å². The van der Waals surface area contributed by atoms with E-state index in [-0.39, 0.29) is 5.28 Å². The van der Waals surface area contributed by atoms with Crippen molar-refractivity contribution < 1.29 is 4.42 Å². The number of fused-ring (bicyclic) bond motifs is 3. The van der Waals surface area contributed by atoms with Gasteiger partial charge in [-0.15, -0.1) is 0 Å². The van der Waals surface area contributed by atoms with Crippen LogP contribution in [0.1, 0.15) is 11.3 Å². The summed E-state index contributed by atoms with van der Waals surface area (Å²) in [5, 5.41) is 0.290. The second-order valence-electron chi connectivity index (χ2n) is 3.27. The molecule has 3 nitrogen and oxygen atoms in total. The Hall–Kier alpha value is -1.35. The van der Waals surface area contributed by atoms with Gasteiger partial charge in [-0.2, -0.15) is 0 Å². The molecule has 0 N–H and O–H groups in total. The number of rotatable bonds is 0. The van der Waals surface area contributed by atoms with Gasteiger partial charge in [0.05, 0.1) is 12.0 Å². The lowest BCUT2D eigenvalue weighted by Crippen LogP contribution is -2.04. The average Bonchev–Trinajstić information content (AvgIpc) is 2.65. The third-order valence-electron chi connectivity index (χ3n) is 2.46. The van der Waals surface area contributed by atoms with Crippen molar-refractivity contribution in [3.63, 3.8) is 0 Å². The van der Waals surface area contributed by atoms with Crippen LogP contribution in [0.4, 0.5) is 0 Å². The number of aromatic nitrogens is 2. The van der Waals surface area contributed by atoms with Crippen molar-refractivity contribution in [1.29, 1.82) is 0 Å². The molecule has 70 valence electrons. The normalized spacial score (nSPS) is 13.5. The Morgan fingerprint density at radius 1 is 1.36 bits per heavy atom. The molecular formula is C10H7ClN2O. The summed E-state index contributed by atoms with van der Waals surface area (Å²) in [5.41, 5.74) is 3.11. The van der Waals surface area contributed by atoms with Crippen LogP contribution in [0.2, 0.25) is 5.28 Å². The van der Waals surface area contributed by atoms with E-state index in [2.05, 4.69) is 9.97 Å². The first-order valence-electron chi connectivity index (χ1n) is 4.43. The highest BCUT2D eigenvalue weighted by molar-refractivity contribution is 6.28. The van der Waals surface area contributed by atoms with Crippen LogP contribution in [-0.4, -0.2) is 9.97 Å². The van der Waals surface area contributed by atoms with E-state index in [9.17, 15) is 0 Å². The highest BCUT2D eigenvalue weighted by Crippen LogP contribution is 2.32. The number of hydrogen-bond acceptors (Lipinski definition) is 3. The topological polar surface area (TPSA) is 38.9 Å². The SMILES string of the molecule is Clc1ncc2c(n1)-c1ccoc1CC2. The number of nitrogens with zero attached hydrogens (tertiary/aromatic N) is 2. The predicted molar refractivity (Wildman–Crippen MR) is 52.2 cm³/mol. The summed E-state index contributed by atoms with van der Waals surface area (Å²) < 4.78 is 5.35. The maximum atomic E-state index is 5.76. The molecule has 0 spiro atoms. The van der Waals surface area contributed by atoms with E-state index in [1.54, 1.807) is 12.5 Å². The molecule has 0 saturated heterocycles. The molecule has 2 aromatic heterocycles. The van der Waals surface area contributed by atoms with Crippen LogP contribution in [0.15, 0.2) is 22.9 Å². The van der Waals surface area contributed by atoms with E-state index >= 15 is 0 Å². The Kier molecular flexibility index (Phi) is 1.61. The highest BCUT2D eigenvalue weighted by Gasteiger charge is 2.20. The summed E-state index contributed by atoms with van der Waals surface area (Å²) in [4.78, 5) is 8.20. The van der Waals surface area contributed by atoms with Crippen molar-refractivity contribution in [1.82, 2.24) is 9.97 Å². The Morgan fingerprint density at radius 2 is 2.29 bits per heavy atom. The Labute approximate surface area is 85.7 Å². The molecular weight excluding hydrogens is 200 g/mol. The smallest absolute Gasteiger partial charge is 0.222 e. The first-order valence-corrected chi connectivity index (χ1v) is 4.80. The van der Waals surface area contributed by atoms with Gasteiger partial charge < -0.3 is 4.42 Å². The van der Waals surface area contributed by atoms with Crippen LogP contribution in [-0.2, 0) is 12.8 Å². The number of hydrogen-bond donors (Lipinski definition) is 0. The molecule has 3 rings (SSSR count). The van der Waals surface area contributed by atoms with Crippen LogP contribution >= 0.6 is 11.6 Å². The van der Waals surface area contributed by atoms with Gasteiger partial charge >= 0.3 is 0 Å². The second-order valence-corrected chi connectivity index (χ2v) is 3.61. The molecule has 0 unspecified atom stereocenters. The molecule has 1 aliphatic rings. The third-order valence-corrected chi connectivity index (χ3v) is 2.64. The lowest BCUT2D eigenvalue weighted by molar-refractivity contribution is 0.506. The predicted octanol–water partition coefficient (Wildman–Crippen LogP) is 2.49. The Morgan fingerprint density at radius 3 is 3.21 bits per heavy atom. The number of halogens is 1. The largest absolute Gasteiger partial charge is 0.469 e. The minimum Gasteiger partial charge on any atom is -0.469 e. The van der Waals surface area contributed by atoms with E-state index in [0.29, 0.717) is 0 Å². The van der Waals surface area contributed by atoms with E-state index in [4.69, 9.17) is 16.0 Å². The second kappa shape index (κ2) is 2.82. The molecule has 0 radical (unpaired) electrons. The minimum absolute atomic E-state index is 0.290. The molecule has 0 amide bonds. The van der Waals surface area contributed by atoms with Gasteiger partial charge in [0, 0.05) is 18.2 Å². The van der Waals surface area contributed by atoms with Crippen molar-refractivity contribution in [2.24, 2.45) is 0 Å². The van der Waals surface area contributed by atoms with Crippen molar-refractivity contribution in [3.8, 4) is 11.3 Å². The molecule has 0 aromatic carbocycles. The van der Waals surface area contributed by atoms with Gasteiger partial charge in [0.2, 0.25) is 5.28 Å². The minimum atomic E-state index is 0.290. The molecule has 2 aromatic rings. The van der Waals surface area contributed by atoms with Crippen LogP contribution in [0.25, 0.3) is 11.3 Å². The monoisotopic (exact) mass is 206 g/mol. The summed E-state index contributed by atoms with van der Waals surface area (Å²) in [5.74, 6) is 0.993. The Bertz CT molecular complexity index is 493. The lowest BCUT2D eigenvalue weighted by Gasteiger charge is -2.13. The summed E-state index contributed by atoms with van der Waals surface area (Å²) >= 11 is 5.76. The molecule has 0 atom stereocenters. The van der Waals surface area contributed by atoms with Gasteiger partial charge in [0.15, 0.2) is 0 Å². The zero-order chi connectivity index (χ0) is 9.54. The summed E-state index contributed by atoms with van der Waals surface area (Å²) in [6.07, 6.45) is 5.32. The van der Waals surface area contributed by atoms with Crippen molar-refractivity contribution in [2.75, 3.05) is 0 Å². The first kappa shape index (κ1) is 8.00. The number of aryl methyl sites for hydroxylation is 2. The van der Waals surface area contributed by atoms with Crippen molar-refractivity contribution in [2.45, 2.75) is 12.8 Å². The summed E-state index contributed by atoms with van der Waals surface area (Å²) in [6, 6.07) is 1.93. The first-order chi connectivity index (χ1) is 6.84. The fourth-order valence-electron chi connectivity index (χ4n) is 1.79. The van der Waals surface area contributed by atoms with Crippen LogP contribution in [0.3, 0.4) is 0 Å². The molecule has 14 heavy (non-hydrogen) atoms. The van der Waals surface area contributed by atoms with Gasteiger partial charge in [-0.1, -0.05) is 0 Å². The van der Waals surface area contributed by atoms with Crippen LogP contribution < -0.4 is 0 Å². The maximum Gasteiger partial charge on any atom is 0.222 e. The molecule has 4 heteroatoms. The van der Waals surface area contributed by atoms with Crippen LogP contribution in [0.5, 0.6) is 0 Å². The fraction of sp³-hybridized carbons (Fsp3) is 0.200. The van der Waals surface area contributed by atoms with Gasteiger partial charge in [-0.3, -0.25) is 0 Å². The van der Waals surface area contributed by atoms with E-state index in [1.165, 1.54) is 0 Å². The van der Waals surface area contributed by atoms with Gasteiger partial charge in [-0.25, -0.2) is 9.97 Å². The zero-order valence-corrected chi connectivity index (χ0v) is 8.08. The summed E-state index contributed by atoms with van der Waals surface area (Å²) in [7, 11) is 0. The Balaban J connectivity index is 2.28. The van der Waals surface area contributed by atoms with Gasteiger partial charge in [-0.05, 0) is 29.7 Å². The van der Waals surface area contributed by atoms with Gasteiger partial charge in [0.1, 0.15) is 5.76 Å². The van der Waals surface area contributed by atoms with E-state index < -0.39 is 0 Å². The molecule has 1 aliphatic carbocycles. The highest BCUT2D eigenvalue weighted by atomic mass is 35.5. The molecule has 0 bridgehead atoms. The quantitative estimate of drug-likeness (QED) is 0.622. The molecule has 0 saturated carbocycles. The fourth-order valence-corrected chi connectivity index (χ4v) is 1.93. The molecule has 0 fully saturated rings. The van der Waals surface area contributed by atoms with Crippen molar-refractivity contribution in [3.05, 3.63) is 35.1 Å². The number of furan rings is 1. The van der Waals surface area contributed by atoms with E-state index in [1.807, 2.05) is 6.07 Å². The standard InChI is InChI=1S/C10H7ClN2O/c11-10-12-5-6-1-2-8-7(3-4-14-8)9(6)13-10/h3-5H,1-2H2. The van der Waals surface area contributed by atoms with Crippen LogP contribution in [0, 0.1) is 0 Å².